The second kappa shape index (κ2) is 7.22. The summed E-state index contributed by atoms with van der Waals surface area (Å²) in [5.74, 6) is 1.90. The smallest absolute Gasteiger partial charge is 0.252 e. The summed E-state index contributed by atoms with van der Waals surface area (Å²) in [5, 5.41) is 4.26. The number of carbonyl (C=O) groups excluding carboxylic acids is 1. The van der Waals surface area contributed by atoms with Crippen LogP contribution in [0, 0.1) is 0 Å². The summed E-state index contributed by atoms with van der Waals surface area (Å²) in [7, 11) is 3.18. The first-order valence-corrected chi connectivity index (χ1v) is 8.86. The van der Waals surface area contributed by atoms with Crippen LogP contribution in [-0.4, -0.2) is 51.2 Å². The lowest BCUT2D eigenvalue weighted by Gasteiger charge is -2.25. The van der Waals surface area contributed by atoms with E-state index in [1.165, 1.54) is 6.33 Å². The van der Waals surface area contributed by atoms with E-state index in [1.807, 2.05) is 29.2 Å². The average molecular weight is 367 g/mol. The minimum Gasteiger partial charge on any atom is -0.493 e. The number of carbonyl (C=O) groups is 1. The molecule has 0 saturated carbocycles. The number of fused-ring (bicyclic) bond motifs is 1. The summed E-state index contributed by atoms with van der Waals surface area (Å²) in [6.07, 6.45) is 5.37. The standard InChI is InChI=1S/C19H21N5O3/c1-26-16-6-5-13(10-17(16)27-2)11-18(25)23-9-3-4-14(23)15-7-8-20-19-21-12-22-24(15)19/h5-8,10,12,14H,3-4,9,11H2,1-2H3/t14-/m0/s1. The third kappa shape index (κ3) is 3.18. The highest BCUT2D eigenvalue weighted by Crippen LogP contribution is 2.33. The molecule has 0 radical (unpaired) electrons. The van der Waals surface area contributed by atoms with E-state index in [-0.39, 0.29) is 11.9 Å². The Morgan fingerprint density at radius 1 is 1.19 bits per heavy atom. The first-order valence-electron chi connectivity index (χ1n) is 8.86. The van der Waals surface area contributed by atoms with E-state index >= 15 is 0 Å². The van der Waals surface area contributed by atoms with Crippen LogP contribution in [0.3, 0.4) is 0 Å². The largest absolute Gasteiger partial charge is 0.493 e. The summed E-state index contributed by atoms with van der Waals surface area (Å²) in [5.41, 5.74) is 1.83. The van der Waals surface area contributed by atoms with E-state index < -0.39 is 0 Å². The molecule has 0 bridgehead atoms. The molecule has 0 aliphatic carbocycles. The molecule has 1 aliphatic heterocycles. The van der Waals surface area contributed by atoms with Gasteiger partial charge in [0, 0.05) is 12.7 Å². The summed E-state index contributed by atoms with van der Waals surface area (Å²) in [4.78, 5) is 23.3. The van der Waals surface area contributed by atoms with Gasteiger partial charge in [0.1, 0.15) is 6.33 Å². The first kappa shape index (κ1) is 17.3. The maximum absolute atomic E-state index is 13.0. The summed E-state index contributed by atoms with van der Waals surface area (Å²) in [6, 6.07) is 7.46. The van der Waals surface area contributed by atoms with Crippen molar-refractivity contribution in [1.82, 2.24) is 24.5 Å². The van der Waals surface area contributed by atoms with E-state index in [0.717, 1.165) is 30.6 Å². The van der Waals surface area contributed by atoms with E-state index in [1.54, 1.807) is 24.9 Å². The van der Waals surface area contributed by atoms with Crippen LogP contribution in [0.25, 0.3) is 5.78 Å². The molecule has 3 aromatic rings. The lowest BCUT2D eigenvalue weighted by molar-refractivity contribution is -0.131. The van der Waals surface area contributed by atoms with E-state index in [9.17, 15) is 4.79 Å². The van der Waals surface area contributed by atoms with Gasteiger partial charge in [-0.15, -0.1) is 0 Å². The molecule has 1 amide bonds. The number of methoxy groups -OCH3 is 2. The summed E-state index contributed by atoms with van der Waals surface area (Å²) < 4.78 is 12.3. The fourth-order valence-electron chi connectivity index (χ4n) is 3.65. The van der Waals surface area contributed by atoms with Crippen LogP contribution in [-0.2, 0) is 11.2 Å². The molecule has 1 aliphatic rings. The SMILES string of the molecule is COc1ccc(CC(=O)N2CCC[C@H]2c2ccnc3ncnn23)cc1OC. The van der Waals surface area contributed by atoms with Gasteiger partial charge < -0.3 is 14.4 Å². The highest BCUT2D eigenvalue weighted by Gasteiger charge is 2.32. The number of aromatic nitrogens is 4. The van der Waals surface area contributed by atoms with Crippen LogP contribution in [0.5, 0.6) is 11.5 Å². The molecular formula is C19H21N5O3. The lowest BCUT2D eigenvalue weighted by Crippen LogP contribution is -2.32. The van der Waals surface area contributed by atoms with Gasteiger partial charge in [0.15, 0.2) is 11.5 Å². The zero-order valence-electron chi connectivity index (χ0n) is 15.3. The molecule has 3 heterocycles. The second-order valence-corrected chi connectivity index (χ2v) is 6.45. The highest BCUT2D eigenvalue weighted by molar-refractivity contribution is 5.79. The topological polar surface area (TPSA) is 81.9 Å². The lowest BCUT2D eigenvalue weighted by atomic mass is 10.1. The number of hydrogen-bond donors (Lipinski definition) is 0. The molecule has 0 N–H and O–H groups in total. The molecule has 1 aromatic carbocycles. The van der Waals surface area contributed by atoms with Crippen molar-refractivity contribution in [3.8, 4) is 11.5 Å². The predicted molar refractivity (Wildman–Crippen MR) is 97.7 cm³/mol. The molecule has 140 valence electrons. The number of hydrogen-bond acceptors (Lipinski definition) is 6. The number of ether oxygens (including phenoxy) is 2. The van der Waals surface area contributed by atoms with Crippen LogP contribution in [0.2, 0.25) is 0 Å². The first-order chi connectivity index (χ1) is 13.2. The number of likely N-dealkylation sites (tertiary alicyclic amines) is 1. The molecule has 0 spiro atoms. The van der Waals surface area contributed by atoms with Crippen molar-refractivity contribution in [3.05, 3.63) is 48.0 Å². The van der Waals surface area contributed by atoms with Gasteiger partial charge >= 0.3 is 0 Å². The van der Waals surface area contributed by atoms with Crippen molar-refractivity contribution < 1.29 is 14.3 Å². The van der Waals surface area contributed by atoms with Crippen LogP contribution < -0.4 is 9.47 Å². The molecule has 2 aromatic heterocycles. The van der Waals surface area contributed by atoms with E-state index in [4.69, 9.17) is 9.47 Å². The van der Waals surface area contributed by atoms with Gasteiger partial charge in [-0.1, -0.05) is 6.07 Å². The quantitative estimate of drug-likeness (QED) is 0.686. The molecule has 0 unspecified atom stereocenters. The maximum atomic E-state index is 13.0. The van der Waals surface area contributed by atoms with Crippen molar-refractivity contribution in [2.24, 2.45) is 0 Å². The van der Waals surface area contributed by atoms with Gasteiger partial charge in [-0.2, -0.15) is 14.6 Å². The fraction of sp³-hybridized carbons (Fsp3) is 0.368. The maximum Gasteiger partial charge on any atom is 0.252 e. The minimum atomic E-state index is -0.0233. The number of benzene rings is 1. The number of amides is 1. The Balaban J connectivity index is 1.57. The molecule has 27 heavy (non-hydrogen) atoms. The second-order valence-electron chi connectivity index (χ2n) is 6.45. The third-order valence-electron chi connectivity index (χ3n) is 4.93. The Bertz CT molecular complexity index is 971. The summed E-state index contributed by atoms with van der Waals surface area (Å²) >= 11 is 0. The van der Waals surface area contributed by atoms with Crippen molar-refractivity contribution in [1.29, 1.82) is 0 Å². The molecule has 4 rings (SSSR count). The van der Waals surface area contributed by atoms with Crippen LogP contribution in [0.15, 0.2) is 36.8 Å². The van der Waals surface area contributed by atoms with Crippen LogP contribution >= 0.6 is 0 Å². The van der Waals surface area contributed by atoms with Crippen LogP contribution in [0.4, 0.5) is 0 Å². The van der Waals surface area contributed by atoms with Gasteiger partial charge in [0.25, 0.3) is 5.78 Å². The Morgan fingerprint density at radius 2 is 2.04 bits per heavy atom. The van der Waals surface area contributed by atoms with Gasteiger partial charge in [0.2, 0.25) is 5.91 Å². The molecule has 8 nitrogen and oxygen atoms in total. The van der Waals surface area contributed by atoms with Gasteiger partial charge in [0.05, 0.1) is 32.4 Å². The zero-order valence-corrected chi connectivity index (χ0v) is 15.3. The van der Waals surface area contributed by atoms with Gasteiger partial charge in [-0.25, -0.2) is 4.98 Å². The third-order valence-corrected chi connectivity index (χ3v) is 4.93. The molecule has 8 heteroatoms. The van der Waals surface area contributed by atoms with Crippen LogP contribution in [0.1, 0.15) is 30.1 Å². The van der Waals surface area contributed by atoms with Crippen molar-refractivity contribution in [2.45, 2.75) is 25.3 Å². The molecule has 1 atom stereocenters. The summed E-state index contributed by atoms with van der Waals surface area (Å²) in [6.45, 7) is 0.731. The Labute approximate surface area is 156 Å². The fourth-order valence-corrected chi connectivity index (χ4v) is 3.65. The Hall–Kier alpha value is -3.16. The van der Waals surface area contributed by atoms with Gasteiger partial charge in [-0.05, 0) is 36.6 Å². The normalized spacial score (nSPS) is 16.7. The molecular weight excluding hydrogens is 346 g/mol. The van der Waals surface area contributed by atoms with E-state index in [2.05, 4.69) is 15.1 Å². The molecule has 1 saturated heterocycles. The Morgan fingerprint density at radius 3 is 2.85 bits per heavy atom. The Kier molecular flexibility index (Phi) is 4.62. The van der Waals surface area contributed by atoms with Crippen molar-refractivity contribution in [2.75, 3.05) is 20.8 Å². The predicted octanol–water partition coefficient (Wildman–Crippen LogP) is 2.05. The monoisotopic (exact) mass is 367 g/mol. The van der Waals surface area contributed by atoms with E-state index in [0.29, 0.717) is 23.7 Å². The van der Waals surface area contributed by atoms with Crippen molar-refractivity contribution >= 4 is 11.7 Å². The minimum absolute atomic E-state index is 0.0233. The molecule has 1 fully saturated rings. The average Bonchev–Trinajstić information content (AvgIpc) is 3.36. The van der Waals surface area contributed by atoms with Crippen molar-refractivity contribution in [3.63, 3.8) is 0 Å². The van der Waals surface area contributed by atoms with Gasteiger partial charge in [-0.3, -0.25) is 4.79 Å². The number of rotatable bonds is 5. The number of nitrogens with zero attached hydrogens (tertiary/aromatic N) is 5. The zero-order chi connectivity index (χ0) is 18.8. The highest BCUT2D eigenvalue weighted by atomic mass is 16.5.